The fraction of sp³-hybridized carbons (Fsp3) is 0.0870. The number of benzene rings is 3. The van der Waals surface area contributed by atoms with E-state index in [2.05, 4.69) is 0 Å². The van der Waals surface area contributed by atoms with Crippen LogP contribution >= 0.6 is 11.6 Å². The highest BCUT2D eigenvalue weighted by molar-refractivity contribution is 6.30. The summed E-state index contributed by atoms with van der Waals surface area (Å²) in [4.78, 5) is 12.6. The number of hydrogen-bond acceptors (Lipinski definition) is 3. The van der Waals surface area contributed by atoms with Crippen LogP contribution in [0.2, 0.25) is 5.02 Å². The fourth-order valence-electron chi connectivity index (χ4n) is 3.02. The van der Waals surface area contributed by atoms with E-state index in [4.69, 9.17) is 21.1 Å². The van der Waals surface area contributed by atoms with Crippen molar-refractivity contribution >= 4 is 23.5 Å². The molecule has 0 saturated carbocycles. The Morgan fingerprint density at radius 2 is 1.89 bits per heavy atom. The van der Waals surface area contributed by atoms with Crippen molar-refractivity contribution in [3.63, 3.8) is 0 Å². The fourth-order valence-corrected chi connectivity index (χ4v) is 3.24. The van der Waals surface area contributed by atoms with Gasteiger partial charge in [-0.25, -0.2) is 4.39 Å². The lowest BCUT2D eigenvalue weighted by atomic mass is 10.1. The molecule has 0 amide bonds. The van der Waals surface area contributed by atoms with Crippen LogP contribution in [0, 0.1) is 12.7 Å². The van der Waals surface area contributed by atoms with Crippen LogP contribution in [0.25, 0.3) is 6.08 Å². The van der Waals surface area contributed by atoms with Crippen LogP contribution in [0.4, 0.5) is 4.39 Å². The van der Waals surface area contributed by atoms with Gasteiger partial charge in [-0.1, -0.05) is 35.9 Å². The second-order valence-electron chi connectivity index (χ2n) is 6.48. The lowest BCUT2D eigenvalue weighted by Gasteiger charge is -2.11. The molecule has 0 saturated heterocycles. The highest BCUT2D eigenvalue weighted by Crippen LogP contribution is 2.39. The minimum atomic E-state index is -0.332. The van der Waals surface area contributed by atoms with Crippen molar-refractivity contribution in [3.8, 4) is 11.5 Å². The Kier molecular flexibility index (Phi) is 4.88. The molecule has 3 nitrogen and oxygen atoms in total. The summed E-state index contributed by atoms with van der Waals surface area (Å²) in [5.41, 5.74) is 2.87. The smallest absolute Gasteiger partial charge is 0.231 e. The lowest BCUT2D eigenvalue weighted by molar-refractivity contribution is 0.101. The molecule has 3 aromatic carbocycles. The summed E-state index contributed by atoms with van der Waals surface area (Å²) in [6.45, 7) is 2.20. The van der Waals surface area contributed by atoms with E-state index in [0.29, 0.717) is 34.3 Å². The normalized spacial score (nSPS) is 14.1. The van der Waals surface area contributed by atoms with Crippen molar-refractivity contribution in [2.45, 2.75) is 13.5 Å². The third kappa shape index (κ3) is 3.64. The molecule has 5 heteroatoms. The number of carbonyl (C=O) groups excluding carboxylic acids is 1. The van der Waals surface area contributed by atoms with Crippen molar-refractivity contribution in [1.29, 1.82) is 0 Å². The summed E-state index contributed by atoms with van der Waals surface area (Å²) in [6, 6.07) is 16.8. The summed E-state index contributed by atoms with van der Waals surface area (Å²) < 4.78 is 24.8. The number of fused-ring (bicyclic) bond motifs is 1. The molecule has 0 aromatic heterocycles. The van der Waals surface area contributed by atoms with Gasteiger partial charge in [0.2, 0.25) is 5.78 Å². The molecular formula is C23H16ClFO3. The molecule has 0 spiro atoms. The largest absolute Gasteiger partial charge is 0.488 e. The van der Waals surface area contributed by atoms with Gasteiger partial charge < -0.3 is 9.47 Å². The standard InChI is InChI=1S/C23H16ClFO3/c1-14-20(27-13-16-3-2-4-17(24)11-16)10-9-19-22(26)21(28-23(14)19)12-15-5-7-18(25)8-6-15/h2-12H,13H2,1H3/b21-12-. The van der Waals surface area contributed by atoms with Gasteiger partial charge in [0.15, 0.2) is 5.76 Å². The molecule has 0 bridgehead atoms. The number of ether oxygens (including phenoxy) is 2. The Morgan fingerprint density at radius 1 is 1.11 bits per heavy atom. The second kappa shape index (κ2) is 7.49. The van der Waals surface area contributed by atoms with Crippen LogP contribution in [-0.2, 0) is 6.61 Å². The molecule has 0 atom stereocenters. The average molecular weight is 395 g/mol. The van der Waals surface area contributed by atoms with Gasteiger partial charge in [0, 0.05) is 10.6 Å². The Hall–Kier alpha value is -3.11. The molecule has 0 radical (unpaired) electrons. The van der Waals surface area contributed by atoms with Gasteiger partial charge in [-0.15, -0.1) is 0 Å². The molecular weight excluding hydrogens is 379 g/mol. The van der Waals surface area contributed by atoms with Gasteiger partial charge in [-0.2, -0.15) is 0 Å². The quantitative estimate of drug-likeness (QED) is 0.510. The van der Waals surface area contributed by atoms with E-state index >= 15 is 0 Å². The number of rotatable bonds is 4. The minimum Gasteiger partial charge on any atom is -0.488 e. The summed E-state index contributed by atoms with van der Waals surface area (Å²) in [6.07, 6.45) is 1.60. The molecule has 0 fully saturated rings. The number of carbonyl (C=O) groups is 1. The first kappa shape index (κ1) is 18.3. The highest BCUT2D eigenvalue weighted by Gasteiger charge is 2.30. The van der Waals surface area contributed by atoms with Gasteiger partial charge in [-0.05, 0) is 60.5 Å². The second-order valence-corrected chi connectivity index (χ2v) is 6.91. The van der Waals surface area contributed by atoms with Crippen LogP contribution < -0.4 is 9.47 Å². The number of Topliss-reactive ketones (excluding diaryl/α,β-unsaturated/α-hetero) is 1. The molecule has 1 aliphatic rings. The lowest BCUT2D eigenvalue weighted by Crippen LogP contribution is -1.98. The number of halogens is 2. The molecule has 140 valence electrons. The Labute approximate surface area is 167 Å². The zero-order valence-electron chi connectivity index (χ0n) is 15.0. The molecule has 3 aromatic rings. The maximum Gasteiger partial charge on any atom is 0.231 e. The van der Waals surface area contributed by atoms with Crippen molar-refractivity contribution in [2.75, 3.05) is 0 Å². The molecule has 0 unspecified atom stereocenters. The van der Waals surface area contributed by atoms with Crippen molar-refractivity contribution in [3.05, 3.63) is 99.5 Å². The third-order valence-electron chi connectivity index (χ3n) is 4.49. The number of hydrogen-bond donors (Lipinski definition) is 0. The molecule has 0 aliphatic carbocycles. The van der Waals surface area contributed by atoms with Gasteiger partial charge >= 0.3 is 0 Å². The number of allylic oxidation sites excluding steroid dienone is 1. The average Bonchev–Trinajstić information content (AvgIpc) is 3.00. The first-order valence-electron chi connectivity index (χ1n) is 8.72. The summed E-state index contributed by atoms with van der Waals surface area (Å²) >= 11 is 6.00. The molecule has 1 heterocycles. The summed E-state index contributed by atoms with van der Waals surface area (Å²) in [5.74, 6) is 0.790. The highest BCUT2D eigenvalue weighted by atomic mass is 35.5. The zero-order valence-corrected chi connectivity index (χ0v) is 15.8. The first-order chi connectivity index (χ1) is 13.5. The molecule has 4 rings (SSSR count). The van der Waals surface area contributed by atoms with Crippen LogP contribution in [0.5, 0.6) is 11.5 Å². The molecule has 0 N–H and O–H groups in total. The predicted octanol–water partition coefficient (Wildman–Crippen LogP) is 5.98. The maximum atomic E-state index is 13.1. The van der Waals surface area contributed by atoms with E-state index in [1.54, 1.807) is 36.4 Å². The maximum absolute atomic E-state index is 13.1. The SMILES string of the molecule is Cc1c(OCc2cccc(Cl)c2)ccc2c1O/C(=C\c1ccc(F)cc1)C2=O. The monoisotopic (exact) mass is 394 g/mol. The van der Waals surface area contributed by atoms with Gasteiger partial charge in [0.25, 0.3) is 0 Å². The minimum absolute atomic E-state index is 0.205. The van der Waals surface area contributed by atoms with Crippen molar-refractivity contribution < 1.29 is 18.7 Å². The Bertz CT molecular complexity index is 1090. The first-order valence-corrected chi connectivity index (χ1v) is 9.10. The van der Waals surface area contributed by atoms with Crippen LogP contribution in [0.3, 0.4) is 0 Å². The topological polar surface area (TPSA) is 35.5 Å². The van der Waals surface area contributed by atoms with Gasteiger partial charge in [0.05, 0.1) is 5.56 Å². The van der Waals surface area contributed by atoms with E-state index in [1.165, 1.54) is 12.1 Å². The van der Waals surface area contributed by atoms with E-state index in [0.717, 1.165) is 11.1 Å². The van der Waals surface area contributed by atoms with E-state index < -0.39 is 0 Å². The molecule has 28 heavy (non-hydrogen) atoms. The van der Waals surface area contributed by atoms with Gasteiger partial charge in [-0.3, -0.25) is 4.79 Å². The van der Waals surface area contributed by atoms with Crippen LogP contribution in [0.15, 0.2) is 66.4 Å². The Balaban J connectivity index is 1.57. The predicted molar refractivity (Wildman–Crippen MR) is 106 cm³/mol. The number of ketones is 1. The van der Waals surface area contributed by atoms with Crippen molar-refractivity contribution in [1.82, 2.24) is 0 Å². The van der Waals surface area contributed by atoms with E-state index in [9.17, 15) is 9.18 Å². The summed E-state index contributed by atoms with van der Waals surface area (Å²) in [5, 5.41) is 0.649. The van der Waals surface area contributed by atoms with E-state index in [-0.39, 0.29) is 17.4 Å². The Morgan fingerprint density at radius 3 is 2.64 bits per heavy atom. The van der Waals surface area contributed by atoms with Crippen molar-refractivity contribution in [2.24, 2.45) is 0 Å². The zero-order chi connectivity index (χ0) is 19.7. The third-order valence-corrected chi connectivity index (χ3v) is 4.72. The van der Waals surface area contributed by atoms with Gasteiger partial charge in [0.1, 0.15) is 23.9 Å². The molecule has 1 aliphatic heterocycles. The van der Waals surface area contributed by atoms with Crippen LogP contribution in [-0.4, -0.2) is 5.78 Å². The van der Waals surface area contributed by atoms with E-state index in [1.807, 2.05) is 25.1 Å². The van der Waals surface area contributed by atoms with Crippen LogP contribution in [0.1, 0.15) is 27.0 Å². The summed E-state index contributed by atoms with van der Waals surface area (Å²) in [7, 11) is 0.